The molecule has 0 unspecified atom stereocenters. The summed E-state index contributed by atoms with van der Waals surface area (Å²) < 4.78 is 74.4. The van der Waals surface area contributed by atoms with Crippen molar-refractivity contribution in [1.29, 1.82) is 0 Å². The fourth-order valence-electron chi connectivity index (χ4n) is 4.23. The predicted octanol–water partition coefficient (Wildman–Crippen LogP) is 5.27. The fraction of sp³-hybridized carbons (Fsp3) is 0.409. The molecule has 0 bridgehead atoms. The molecule has 3 atom stereocenters. The lowest BCUT2D eigenvalue weighted by atomic mass is 9.85. The molecule has 1 heterocycles. The number of anilines is 1. The van der Waals surface area contributed by atoms with Gasteiger partial charge in [-0.1, -0.05) is 13.0 Å². The number of hydrogen-bond donors (Lipinski definition) is 1. The lowest BCUT2D eigenvalue weighted by Gasteiger charge is -2.27. The third-order valence-corrected chi connectivity index (χ3v) is 5.99. The Labute approximate surface area is 181 Å². The number of ketones is 1. The zero-order chi connectivity index (χ0) is 23.8. The lowest BCUT2D eigenvalue weighted by molar-refractivity contribution is -0.216. The molecule has 1 saturated carbocycles. The van der Waals surface area contributed by atoms with Crippen LogP contribution in [0.3, 0.4) is 0 Å². The quantitative estimate of drug-likeness (QED) is 0.492. The summed E-state index contributed by atoms with van der Waals surface area (Å²) >= 11 is 0. The average Bonchev–Trinajstić information content (AvgIpc) is 3.09. The van der Waals surface area contributed by atoms with Gasteiger partial charge in [0, 0.05) is 29.8 Å². The van der Waals surface area contributed by atoms with Gasteiger partial charge in [0.15, 0.2) is 17.3 Å². The van der Waals surface area contributed by atoms with Gasteiger partial charge in [0.05, 0.1) is 23.8 Å². The number of nitrogens with zero attached hydrogens (tertiary/aromatic N) is 1. The van der Waals surface area contributed by atoms with Crippen LogP contribution in [0.4, 0.5) is 27.6 Å². The van der Waals surface area contributed by atoms with Crippen molar-refractivity contribution < 1.29 is 36.3 Å². The molecule has 1 aromatic heterocycles. The topological polar surface area (TPSA) is 68.3 Å². The maximum Gasteiger partial charge on any atom is 0.394 e. The number of methoxy groups -OCH3 is 1. The number of amides is 1. The smallest absolute Gasteiger partial charge is 0.394 e. The molecule has 1 fully saturated rings. The van der Waals surface area contributed by atoms with Crippen LogP contribution < -0.4 is 10.1 Å². The van der Waals surface area contributed by atoms with E-state index in [1.807, 2.05) is 0 Å². The van der Waals surface area contributed by atoms with Gasteiger partial charge in [-0.05, 0) is 31.9 Å². The highest BCUT2D eigenvalue weighted by Gasteiger charge is 2.59. The number of ether oxygens (including phenoxy) is 1. The van der Waals surface area contributed by atoms with Crippen LogP contribution >= 0.6 is 0 Å². The van der Waals surface area contributed by atoms with Crippen molar-refractivity contribution in [1.82, 2.24) is 4.98 Å². The summed E-state index contributed by atoms with van der Waals surface area (Å²) in [7, 11) is 1.07. The molecule has 1 amide bonds. The van der Waals surface area contributed by atoms with E-state index >= 15 is 0 Å². The Morgan fingerprint density at radius 2 is 1.88 bits per heavy atom. The zero-order valence-electron chi connectivity index (χ0n) is 17.5. The SMILES string of the molecule is COc1c([C@H]2C[C@](C)(C(F)(F)F)C[C@@H]2C(=O)Nc2ccncc2C(C)=O)ccc(F)c1F. The second kappa shape index (κ2) is 8.48. The van der Waals surface area contributed by atoms with E-state index in [4.69, 9.17) is 4.74 Å². The van der Waals surface area contributed by atoms with Crippen LogP contribution in [0.25, 0.3) is 0 Å². The van der Waals surface area contributed by atoms with Gasteiger partial charge in [-0.15, -0.1) is 0 Å². The van der Waals surface area contributed by atoms with Crippen molar-refractivity contribution in [3.8, 4) is 5.75 Å². The minimum absolute atomic E-state index is 0.0268. The molecule has 172 valence electrons. The first kappa shape index (κ1) is 23.6. The Morgan fingerprint density at radius 1 is 1.19 bits per heavy atom. The van der Waals surface area contributed by atoms with E-state index in [0.717, 1.165) is 26.2 Å². The molecule has 1 aliphatic carbocycles. The molecule has 10 heteroatoms. The van der Waals surface area contributed by atoms with E-state index < -0.39 is 65.3 Å². The van der Waals surface area contributed by atoms with Crippen molar-refractivity contribution in [3.63, 3.8) is 0 Å². The number of carbonyl (C=O) groups excluding carboxylic acids is 2. The molecule has 0 aliphatic heterocycles. The molecular weight excluding hydrogens is 435 g/mol. The van der Waals surface area contributed by atoms with E-state index in [0.29, 0.717) is 0 Å². The van der Waals surface area contributed by atoms with Crippen LogP contribution in [0.1, 0.15) is 48.5 Å². The molecule has 2 aromatic rings. The third-order valence-electron chi connectivity index (χ3n) is 5.99. The second-order valence-corrected chi connectivity index (χ2v) is 8.13. The van der Waals surface area contributed by atoms with Crippen LogP contribution in [-0.4, -0.2) is 30.0 Å². The van der Waals surface area contributed by atoms with Crippen LogP contribution in [0.15, 0.2) is 30.6 Å². The Balaban J connectivity index is 2.05. The van der Waals surface area contributed by atoms with Gasteiger partial charge in [0.25, 0.3) is 0 Å². The highest BCUT2D eigenvalue weighted by atomic mass is 19.4. The summed E-state index contributed by atoms with van der Waals surface area (Å²) in [6, 6.07) is 3.29. The van der Waals surface area contributed by atoms with Gasteiger partial charge in [0.1, 0.15) is 0 Å². The Bertz CT molecular complexity index is 1060. The van der Waals surface area contributed by atoms with Crippen molar-refractivity contribution in [3.05, 3.63) is 53.4 Å². The largest absolute Gasteiger partial charge is 0.493 e. The van der Waals surface area contributed by atoms with Gasteiger partial charge in [-0.2, -0.15) is 17.6 Å². The van der Waals surface area contributed by atoms with Gasteiger partial charge in [-0.3, -0.25) is 14.6 Å². The third kappa shape index (κ3) is 4.18. The molecule has 0 spiro atoms. The van der Waals surface area contributed by atoms with Gasteiger partial charge < -0.3 is 10.1 Å². The summed E-state index contributed by atoms with van der Waals surface area (Å²) in [5.41, 5.74) is -2.06. The number of Topliss-reactive ketones (excluding diaryl/α,β-unsaturated/α-hetero) is 1. The number of halogens is 5. The summed E-state index contributed by atoms with van der Waals surface area (Å²) in [4.78, 5) is 28.7. The summed E-state index contributed by atoms with van der Waals surface area (Å²) in [5, 5.41) is 2.51. The molecule has 1 N–H and O–H groups in total. The maximum absolute atomic E-state index is 14.3. The number of carbonyl (C=O) groups is 2. The minimum Gasteiger partial charge on any atom is -0.493 e. The molecule has 1 aromatic carbocycles. The summed E-state index contributed by atoms with van der Waals surface area (Å²) in [6.45, 7) is 2.25. The number of alkyl halides is 3. The van der Waals surface area contributed by atoms with Crippen molar-refractivity contribution >= 4 is 17.4 Å². The van der Waals surface area contributed by atoms with Crippen molar-refractivity contribution in [2.75, 3.05) is 12.4 Å². The molecule has 3 rings (SSSR count). The number of nitrogens with one attached hydrogen (secondary N) is 1. The fourth-order valence-corrected chi connectivity index (χ4v) is 4.23. The average molecular weight is 456 g/mol. The lowest BCUT2D eigenvalue weighted by Crippen LogP contribution is -2.33. The van der Waals surface area contributed by atoms with Crippen LogP contribution in [0.5, 0.6) is 5.75 Å². The van der Waals surface area contributed by atoms with E-state index in [2.05, 4.69) is 10.3 Å². The molecule has 0 saturated heterocycles. The Kier molecular flexibility index (Phi) is 6.26. The highest BCUT2D eigenvalue weighted by molar-refractivity contribution is 6.04. The van der Waals surface area contributed by atoms with Crippen LogP contribution in [0.2, 0.25) is 0 Å². The first-order chi connectivity index (χ1) is 14.9. The number of rotatable bonds is 5. The number of aromatic nitrogens is 1. The standard InChI is InChI=1S/C22H21F5N2O3/c1-11(30)15-10-28-7-6-17(15)29-20(31)14-9-21(2,22(25,26)27)8-13(14)12-4-5-16(23)18(24)19(12)32-3/h4-7,10,13-14H,8-9H2,1-3H3,(H,28,29,31)/t13-,14+,21+/m1/s1. The molecule has 0 radical (unpaired) electrons. The number of benzene rings is 1. The first-order valence-electron chi connectivity index (χ1n) is 9.74. The summed E-state index contributed by atoms with van der Waals surface area (Å²) in [6.07, 6.45) is -3.16. The van der Waals surface area contributed by atoms with E-state index in [1.165, 1.54) is 25.4 Å². The number of hydrogen-bond acceptors (Lipinski definition) is 4. The zero-order valence-corrected chi connectivity index (χ0v) is 17.5. The highest BCUT2D eigenvalue weighted by Crippen LogP contribution is 2.59. The Hall–Kier alpha value is -3.04. The second-order valence-electron chi connectivity index (χ2n) is 8.13. The van der Waals surface area contributed by atoms with E-state index in [1.54, 1.807) is 0 Å². The van der Waals surface area contributed by atoms with E-state index in [9.17, 15) is 31.5 Å². The maximum atomic E-state index is 14.3. The van der Waals surface area contributed by atoms with Gasteiger partial charge in [0.2, 0.25) is 11.7 Å². The monoisotopic (exact) mass is 456 g/mol. The van der Waals surface area contributed by atoms with Crippen LogP contribution in [-0.2, 0) is 4.79 Å². The van der Waals surface area contributed by atoms with Crippen molar-refractivity contribution in [2.24, 2.45) is 11.3 Å². The minimum atomic E-state index is -4.63. The normalized spacial score (nSPS) is 23.1. The first-order valence-corrected chi connectivity index (χ1v) is 9.74. The van der Waals surface area contributed by atoms with Gasteiger partial charge >= 0.3 is 6.18 Å². The molecule has 32 heavy (non-hydrogen) atoms. The van der Waals surface area contributed by atoms with Gasteiger partial charge in [-0.25, -0.2) is 4.39 Å². The number of pyridine rings is 1. The summed E-state index contributed by atoms with van der Waals surface area (Å²) in [5.74, 6) is -6.60. The van der Waals surface area contributed by atoms with Crippen molar-refractivity contribution in [2.45, 2.75) is 38.8 Å². The Morgan fingerprint density at radius 3 is 2.47 bits per heavy atom. The molecule has 5 nitrogen and oxygen atoms in total. The molecular formula is C22H21F5N2O3. The van der Waals surface area contributed by atoms with Crippen LogP contribution in [0, 0.1) is 23.0 Å². The van der Waals surface area contributed by atoms with E-state index in [-0.39, 0.29) is 16.8 Å². The predicted molar refractivity (Wildman–Crippen MR) is 105 cm³/mol. The molecule has 1 aliphatic rings.